The van der Waals surface area contributed by atoms with E-state index in [4.69, 9.17) is 0 Å². The van der Waals surface area contributed by atoms with Crippen molar-refractivity contribution in [2.24, 2.45) is 17.8 Å². The van der Waals surface area contributed by atoms with E-state index in [1.807, 2.05) is 0 Å². The molecule has 2 aliphatic rings. The van der Waals surface area contributed by atoms with Crippen molar-refractivity contribution in [3.05, 3.63) is 36.4 Å². The van der Waals surface area contributed by atoms with Gasteiger partial charge in [-0.15, -0.1) is 0 Å². The maximum atomic E-state index is 12.3. The zero-order valence-corrected chi connectivity index (χ0v) is 13.7. The Balaban J connectivity index is 1.60. The van der Waals surface area contributed by atoms with Gasteiger partial charge in [-0.1, -0.05) is 12.2 Å². The van der Waals surface area contributed by atoms with Gasteiger partial charge in [0, 0.05) is 12.2 Å². The first kappa shape index (κ1) is 16.0. The van der Waals surface area contributed by atoms with Gasteiger partial charge in [-0.05, 0) is 54.9 Å². The van der Waals surface area contributed by atoms with E-state index < -0.39 is 16.1 Å². The number of hydrogen-bond acceptors (Lipinski definition) is 4. The third-order valence-corrected chi connectivity index (χ3v) is 5.99. The fourth-order valence-corrected chi connectivity index (χ4v) is 4.41. The average Bonchev–Trinajstić information content (AvgIpc) is 3.16. The van der Waals surface area contributed by atoms with Gasteiger partial charge in [-0.3, -0.25) is 5.32 Å². The number of carbonyl (C=O) groups is 1. The summed E-state index contributed by atoms with van der Waals surface area (Å²) in [6.07, 6.45) is 6.07. The SMILES string of the molecule is COC(=O)Nc1ccc(S(=O)(=O)NC[C@H]2C[C@H]3C=C[C@H]2C3)cc1. The standard InChI is InChI=1S/C16H20N2O4S/c1-22-16(19)18-14-4-6-15(7-5-14)23(20,21)17-10-13-9-11-2-3-12(13)8-11/h2-7,11-13,17H,8-10H2,1H3,(H,18,19)/t11-,12-,13+/m0/s1. The molecule has 0 aliphatic heterocycles. The largest absolute Gasteiger partial charge is 0.453 e. The van der Waals surface area contributed by atoms with E-state index in [9.17, 15) is 13.2 Å². The number of benzene rings is 1. The first-order chi connectivity index (χ1) is 11.0. The quantitative estimate of drug-likeness (QED) is 0.809. The Morgan fingerprint density at radius 1 is 1.22 bits per heavy atom. The summed E-state index contributed by atoms with van der Waals surface area (Å²) < 4.78 is 31.9. The first-order valence-corrected chi connectivity index (χ1v) is 9.09. The fourth-order valence-electron chi connectivity index (χ4n) is 3.32. The molecule has 1 aromatic rings. The summed E-state index contributed by atoms with van der Waals surface area (Å²) in [4.78, 5) is 11.3. The molecule has 7 heteroatoms. The maximum Gasteiger partial charge on any atom is 0.411 e. The molecule has 0 spiro atoms. The Hall–Kier alpha value is -1.86. The normalized spacial score (nSPS) is 25.5. The molecule has 3 atom stereocenters. The van der Waals surface area contributed by atoms with Crippen LogP contribution in [0.15, 0.2) is 41.3 Å². The molecule has 2 bridgehead atoms. The van der Waals surface area contributed by atoms with Crippen molar-refractivity contribution in [2.75, 3.05) is 19.0 Å². The number of rotatable bonds is 5. The smallest absolute Gasteiger partial charge is 0.411 e. The summed E-state index contributed by atoms with van der Waals surface area (Å²) in [6.45, 7) is 0.468. The number of amides is 1. The summed E-state index contributed by atoms with van der Waals surface area (Å²) in [5.41, 5.74) is 0.481. The summed E-state index contributed by atoms with van der Waals surface area (Å²) in [5.74, 6) is 1.52. The molecule has 1 aromatic carbocycles. The van der Waals surface area contributed by atoms with Gasteiger partial charge in [0.1, 0.15) is 0 Å². The number of allylic oxidation sites excluding steroid dienone is 2. The molecule has 1 saturated carbocycles. The van der Waals surface area contributed by atoms with Crippen LogP contribution in [-0.4, -0.2) is 28.2 Å². The Morgan fingerprint density at radius 2 is 1.96 bits per heavy atom. The summed E-state index contributed by atoms with van der Waals surface area (Å²) in [5, 5.41) is 2.48. The number of anilines is 1. The van der Waals surface area contributed by atoms with Crippen LogP contribution in [0, 0.1) is 17.8 Å². The molecule has 0 heterocycles. The van der Waals surface area contributed by atoms with E-state index in [1.54, 1.807) is 0 Å². The highest BCUT2D eigenvalue weighted by Crippen LogP contribution is 2.43. The Labute approximate surface area is 136 Å². The molecule has 0 aromatic heterocycles. The van der Waals surface area contributed by atoms with Crippen LogP contribution in [0.3, 0.4) is 0 Å². The molecule has 1 fully saturated rings. The van der Waals surface area contributed by atoms with E-state index in [1.165, 1.54) is 31.4 Å². The van der Waals surface area contributed by atoms with Gasteiger partial charge in [0.15, 0.2) is 0 Å². The van der Waals surface area contributed by atoms with Gasteiger partial charge >= 0.3 is 6.09 Å². The molecule has 0 saturated heterocycles. The van der Waals surface area contributed by atoms with Crippen LogP contribution in [0.2, 0.25) is 0 Å². The Kier molecular flexibility index (Phi) is 4.41. The van der Waals surface area contributed by atoms with Gasteiger partial charge in [-0.25, -0.2) is 17.9 Å². The molecule has 2 aliphatic carbocycles. The second-order valence-electron chi connectivity index (χ2n) is 6.03. The monoisotopic (exact) mass is 336 g/mol. The van der Waals surface area contributed by atoms with E-state index in [0.717, 1.165) is 12.8 Å². The van der Waals surface area contributed by atoms with Gasteiger partial charge in [0.05, 0.1) is 12.0 Å². The summed E-state index contributed by atoms with van der Waals surface area (Å²) in [6, 6.07) is 6.00. The van der Waals surface area contributed by atoms with E-state index >= 15 is 0 Å². The number of carbonyl (C=O) groups excluding carboxylic acids is 1. The van der Waals surface area contributed by atoms with Gasteiger partial charge < -0.3 is 4.74 Å². The molecule has 2 N–H and O–H groups in total. The van der Waals surface area contributed by atoms with Crippen molar-refractivity contribution in [3.8, 4) is 0 Å². The number of methoxy groups -OCH3 is 1. The molecule has 6 nitrogen and oxygen atoms in total. The number of fused-ring (bicyclic) bond motifs is 2. The van der Waals surface area contributed by atoms with Crippen LogP contribution >= 0.6 is 0 Å². The van der Waals surface area contributed by atoms with Crippen molar-refractivity contribution in [1.29, 1.82) is 0 Å². The zero-order valence-electron chi connectivity index (χ0n) is 12.9. The lowest BCUT2D eigenvalue weighted by molar-refractivity contribution is 0.187. The third kappa shape index (κ3) is 3.56. The molecule has 0 radical (unpaired) electrons. The van der Waals surface area contributed by atoms with Crippen molar-refractivity contribution < 1.29 is 17.9 Å². The van der Waals surface area contributed by atoms with E-state index in [-0.39, 0.29) is 4.90 Å². The van der Waals surface area contributed by atoms with Crippen molar-refractivity contribution >= 4 is 21.8 Å². The lowest BCUT2D eigenvalue weighted by Gasteiger charge is -2.18. The number of sulfonamides is 1. The van der Waals surface area contributed by atoms with E-state index in [2.05, 4.69) is 26.9 Å². The predicted molar refractivity (Wildman–Crippen MR) is 86.5 cm³/mol. The van der Waals surface area contributed by atoms with Crippen LogP contribution in [0.25, 0.3) is 0 Å². The minimum absolute atomic E-state index is 0.187. The third-order valence-electron chi connectivity index (χ3n) is 4.55. The topological polar surface area (TPSA) is 84.5 Å². The fraction of sp³-hybridized carbons (Fsp3) is 0.438. The highest BCUT2D eigenvalue weighted by Gasteiger charge is 2.35. The molecular formula is C16H20N2O4S. The van der Waals surface area contributed by atoms with Gasteiger partial charge in [0.2, 0.25) is 10.0 Å². The Bertz CT molecular complexity index is 712. The lowest BCUT2D eigenvalue weighted by Crippen LogP contribution is -2.31. The molecular weight excluding hydrogens is 316 g/mol. The highest BCUT2D eigenvalue weighted by molar-refractivity contribution is 7.89. The Morgan fingerprint density at radius 3 is 2.52 bits per heavy atom. The molecule has 3 rings (SSSR count). The number of nitrogens with one attached hydrogen (secondary N) is 2. The van der Waals surface area contributed by atoms with Gasteiger partial charge in [0.25, 0.3) is 0 Å². The van der Waals surface area contributed by atoms with Crippen LogP contribution in [0.1, 0.15) is 12.8 Å². The van der Waals surface area contributed by atoms with Crippen molar-refractivity contribution in [1.82, 2.24) is 4.72 Å². The predicted octanol–water partition coefficient (Wildman–Crippen LogP) is 2.36. The average molecular weight is 336 g/mol. The number of ether oxygens (including phenoxy) is 1. The van der Waals surface area contributed by atoms with E-state index in [0.29, 0.717) is 30.0 Å². The zero-order chi connectivity index (χ0) is 16.4. The van der Waals surface area contributed by atoms with Crippen LogP contribution in [-0.2, 0) is 14.8 Å². The molecule has 1 amide bonds. The molecule has 0 unspecified atom stereocenters. The number of hydrogen-bond donors (Lipinski definition) is 2. The second-order valence-corrected chi connectivity index (χ2v) is 7.80. The minimum atomic E-state index is -3.53. The van der Waals surface area contributed by atoms with Gasteiger partial charge in [-0.2, -0.15) is 0 Å². The minimum Gasteiger partial charge on any atom is -0.453 e. The lowest BCUT2D eigenvalue weighted by atomic mass is 9.94. The molecule has 23 heavy (non-hydrogen) atoms. The van der Waals surface area contributed by atoms with Crippen molar-refractivity contribution in [3.63, 3.8) is 0 Å². The van der Waals surface area contributed by atoms with Crippen LogP contribution in [0.4, 0.5) is 10.5 Å². The maximum absolute atomic E-state index is 12.3. The second kappa shape index (κ2) is 6.33. The first-order valence-electron chi connectivity index (χ1n) is 7.61. The van der Waals surface area contributed by atoms with Crippen LogP contribution in [0.5, 0.6) is 0 Å². The summed E-state index contributed by atoms with van der Waals surface area (Å²) >= 11 is 0. The molecule has 124 valence electrons. The van der Waals surface area contributed by atoms with Crippen LogP contribution < -0.4 is 10.0 Å². The highest BCUT2D eigenvalue weighted by atomic mass is 32.2. The van der Waals surface area contributed by atoms with Crippen molar-refractivity contribution in [2.45, 2.75) is 17.7 Å². The summed E-state index contributed by atoms with van der Waals surface area (Å²) in [7, 11) is -2.27.